The highest BCUT2D eigenvalue weighted by molar-refractivity contribution is 8.14. The summed E-state index contributed by atoms with van der Waals surface area (Å²) >= 11 is 26.8. The fourth-order valence-corrected chi connectivity index (χ4v) is 10.5. The lowest BCUT2D eigenvalue weighted by atomic mass is 9.99. The van der Waals surface area contributed by atoms with E-state index in [2.05, 4.69) is 91.1 Å². The molecule has 0 radical (unpaired) electrons. The maximum absolute atomic E-state index is 12.7. The zero-order valence-electron chi connectivity index (χ0n) is 50.5. The predicted octanol–water partition coefficient (Wildman–Crippen LogP) is 11.8. The van der Waals surface area contributed by atoms with Crippen LogP contribution in [-0.2, 0) is 45.2 Å². The molecular formula is C64H70Cl4N12O10S. The maximum Gasteiger partial charge on any atom is 0.407 e. The van der Waals surface area contributed by atoms with Crippen LogP contribution in [0.2, 0.25) is 20.1 Å². The number of carbonyl (C=O) groups is 6. The van der Waals surface area contributed by atoms with Crippen molar-refractivity contribution < 1.29 is 47.7 Å². The fraction of sp³-hybridized carbons (Fsp3) is 0.328. The summed E-state index contributed by atoms with van der Waals surface area (Å²) < 4.78 is 25.3. The van der Waals surface area contributed by atoms with E-state index in [1.807, 2.05) is 56.5 Å². The summed E-state index contributed by atoms with van der Waals surface area (Å²) in [5.74, 6) is -1.03. The minimum Gasteiger partial charge on any atom is -0.482 e. The van der Waals surface area contributed by atoms with Crippen LogP contribution in [0.3, 0.4) is 0 Å². The van der Waals surface area contributed by atoms with Crippen LogP contribution in [0.25, 0.3) is 5.57 Å². The Balaban J connectivity index is 0.781. The molecule has 480 valence electrons. The third kappa shape index (κ3) is 21.3. The van der Waals surface area contributed by atoms with E-state index in [1.54, 1.807) is 33.5 Å². The van der Waals surface area contributed by atoms with E-state index in [4.69, 9.17) is 70.3 Å². The molecule has 0 saturated heterocycles. The molecule has 4 N–H and O–H groups in total. The Morgan fingerprint density at radius 1 is 0.626 bits per heavy atom. The molecule has 0 fully saturated rings. The van der Waals surface area contributed by atoms with Crippen LogP contribution in [0, 0.1) is 6.92 Å². The number of nitrogens with one attached hydrogen (secondary N) is 4. The summed E-state index contributed by atoms with van der Waals surface area (Å²) in [5, 5.41) is 28.3. The Hall–Kier alpha value is -8.48. The highest BCUT2D eigenvalue weighted by Gasteiger charge is 2.22. The summed E-state index contributed by atoms with van der Waals surface area (Å²) in [7, 11) is 0. The smallest absolute Gasteiger partial charge is 0.407 e. The summed E-state index contributed by atoms with van der Waals surface area (Å²) in [6.07, 6.45) is 11.3. The van der Waals surface area contributed by atoms with Gasteiger partial charge in [0.1, 0.15) is 32.9 Å². The molecule has 0 aliphatic carbocycles. The number of aliphatic imine (C=N–C) groups is 1. The standard InChI is InChI=1S/C64H70Cl4N12O10S/c1-6-41(3)61(83)48-20-22-51(59(67)57(48)65)89-39-54(81)69-25-12-29-79-37-45(74-76-79)35-72-63(85)87-32-14-27-71-56(91-53-19-11-8-16-43(53)5)34-44-24-31-78(50-18-10-9-17-47(44)50)28-15-33-88-64(86)73-36-46-38-80(77-75-46)30-13-26-70-55(82)40-90-52-23-21-49(58(66)60(52)68)62(84)42(4)7-2/h8-11,16-24,31,34,37-38H,3-4,6-7,12-15,25-30,32-33,35-36,39-40H2,1-2,5H3,(H,69,81)(H,70,82)(H,72,85)(H,73,86)/b44-34+,71-56?. The molecule has 1 aliphatic heterocycles. The third-order valence-electron chi connectivity index (χ3n) is 13.7. The van der Waals surface area contributed by atoms with Crippen LogP contribution in [0.5, 0.6) is 11.5 Å². The van der Waals surface area contributed by atoms with Gasteiger partial charge in [0.25, 0.3) is 11.8 Å². The van der Waals surface area contributed by atoms with Crippen molar-refractivity contribution in [1.82, 2.24) is 51.3 Å². The molecule has 0 saturated carbocycles. The summed E-state index contributed by atoms with van der Waals surface area (Å²) in [6.45, 7) is 15.6. The predicted molar refractivity (Wildman–Crippen MR) is 353 cm³/mol. The molecule has 3 heterocycles. The molecule has 4 aromatic carbocycles. The number of nitrogens with zero attached hydrogens (tertiary/aromatic N) is 8. The fourth-order valence-electron chi connectivity index (χ4n) is 8.62. The Labute approximate surface area is 551 Å². The van der Waals surface area contributed by atoms with E-state index in [-0.39, 0.29) is 106 Å². The first kappa shape index (κ1) is 70.0. The number of Topliss-reactive ketones (excluding diaryl/α,β-unsaturated/α-hetero) is 2. The lowest BCUT2D eigenvalue weighted by Crippen LogP contribution is -2.30. The number of aryl methyl sites for hydroxylation is 3. The van der Waals surface area contributed by atoms with Crippen LogP contribution >= 0.6 is 58.2 Å². The van der Waals surface area contributed by atoms with Crippen molar-refractivity contribution in [2.24, 2.45) is 4.99 Å². The lowest BCUT2D eigenvalue weighted by molar-refractivity contribution is -0.123. The number of benzene rings is 4. The van der Waals surface area contributed by atoms with Gasteiger partial charge in [0.2, 0.25) is 0 Å². The van der Waals surface area contributed by atoms with Gasteiger partial charge in [0.05, 0.1) is 53.8 Å². The molecule has 2 aromatic heterocycles. The Bertz CT molecular complexity index is 3700. The van der Waals surface area contributed by atoms with Gasteiger partial charge in [0, 0.05) is 79.2 Å². The van der Waals surface area contributed by atoms with Gasteiger partial charge in [-0.2, -0.15) is 0 Å². The van der Waals surface area contributed by atoms with E-state index < -0.39 is 12.2 Å². The quantitative estimate of drug-likeness (QED) is 0.00730. The number of thioether (sulfide) groups is 1. The SMILES string of the molecule is C=C(CC)C(=O)c1ccc(OCC(=O)NCCCn2cc(CNC(=O)OCCCN=C(/C=C3\C=CN(CCCOC(=O)NCc4cn(CCCNC(=O)COc5ccc(C(=O)C(=C)CC)c(Cl)c5Cl)nn4)c4ccccc43)Sc3ccccc3C)nn2)c(Cl)c1Cl. The average Bonchev–Trinajstić information content (AvgIpc) is 1.49. The first-order chi connectivity index (χ1) is 43.9. The minimum atomic E-state index is -0.605. The molecule has 27 heteroatoms. The van der Waals surface area contributed by atoms with Crippen molar-refractivity contribution in [2.45, 2.75) is 90.4 Å². The number of anilines is 1. The van der Waals surface area contributed by atoms with E-state index in [1.165, 1.54) is 24.3 Å². The van der Waals surface area contributed by atoms with Crippen LogP contribution in [0.4, 0.5) is 15.3 Å². The van der Waals surface area contributed by atoms with Gasteiger partial charge in [0.15, 0.2) is 24.8 Å². The number of amides is 4. The van der Waals surface area contributed by atoms with Gasteiger partial charge in [-0.15, -0.1) is 10.2 Å². The monoisotopic (exact) mass is 1340 g/mol. The van der Waals surface area contributed by atoms with Gasteiger partial charge in [-0.1, -0.05) is 132 Å². The number of alkyl carbamates (subject to hydrolysis) is 2. The van der Waals surface area contributed by atoms with Gasteiger partial charge in [-0.25, -0.2) is 9.59 Å². The first-order valence-electron chi connectivity index (χ1n) is 29.3. The number of hydrogen-bond donors (Lipinski definition) is 4. The number of fused-ring (bicyclic) bond motifs is 1. The molecule has 1 aliphatic rings. The second-order valence-electron chi connectivity index (χ2n) is 20.4. The van der Waals surface area contributed by atoms with Crippen LogP contribution < -0.4 is 35.6 Å². The van der Waals surface area contributed by atoms with E-state index >= 15 is 0 Å². The van der Waals surface area contributed by atoms with Crippen molar-refractivity contribution in [3.8, 4) is 11.5 Å². The van der Waals surface area contributed by atoms with Crippen LogP contribution in [0.15, 0.2) is 138 Å². The van der Waals surface area contributed by atoms with E-state index in [0.29, 0.717) is 100 Å². The van der Waals surface area contributed by atoms with E-state index in [0.717, 1.165) is 32.3 Å². The molecule has 91 heavy (non-hydrogen) atoms. The Morgan fingerprint density at radius 2 is 1.14 bits per heavy atom. The zero-order chi connectivity index (χ0) is 65.2. The normalized spacial score (nSPS) is 12.2. The Morgan fingerprint density at radius 3 is 1.68 bits per heavy atom. The van der Waals surface area contributed by atoms with Gasteiger partial charge < -0.3 is 45.1 Å². The first-order valence-corrected chi connectivity index (χ1v) is 31.6. The van der Waals surface area contributed by atoms with Gasteiger partial charge in [-0.3, -0.25) is 33.5 Å². The van der Waals surface area contributed by atoms with Gasteiger partial charge >= 0.3 is 12.2 Å². The topological polar surface area (TPSA) is 264 Å². The summed E-state index contributed by atoms with van der Waals surface area (Å²) in [6, 6.07) is 22.1. The van der Waals surface area contributed by atoms with Crippen molar-refractivity contribution in [3.05, 3.63) is 182 Å². The Kier molecular flexibility index (Phi) is 27.5. The highest BCUT2D eigenvalue weighted by Crippen LogP contribution is 2.38. The van der Waals surface area contributed by atoms with Gasteiger partial charge in [-0.05, 0) is 110 Å². The minimum absolute atomic E-state index is 0.0309. The van der Waals surface area contributed by atoms with Crippen molar-refractivity contribution in [1.29, 1.82) is 0 Å². The molecule has 0 atom stereocenters. The second kappa shape index (κ2) is 35.8. The van der Waals surface area contributed by atoms with Crippen LogP contribution in [0.1, 0.15) is 95.6 Å². The average molecular weight is 1340 g/mol. The number of para-hydroxylation sites is 1. The molecular weight excluding hydrogens is 1270 g/mol. The number of halogens is 4. The van der Waals surface area contributed by atoms with Crippen molar-refractivity contribution >= 4 is 110 Å². The molecule has 6 aromatic rings. The number of allylic oxidation sites excluding steroid dienone is 4. The van der Waals surface area contributed by atoms with Crippen molar-refractivity contribution in [2.75, 3.05) is 57.5 Å². The number of aromatic nitrogens is 6. The van der Waals surface area contributed by atoms with Crippen molar-refractivity contribution in [3.63, 3.8) is 0 Å². The molecule has 0 bridgehead atoms. The number of ether oxygens (including phenoxy) is 4. The molecule has 0 unspecified atom stereocenters. The largest absolute Gasteiger partial charge is 0.482 e. The number of hydrogen-bond acceptors (Lipinski definition) is 17. The summed E-state index contributed by atoms with van der Waals surface area (Å²) in [4.78, 5) is 83.4. The third-order valence-corrected chi connectivity index (χ3v) is 16.6. The number of ketones is 2. The molecule has 0 spiro atoms. The molecule has 7 rings (SSSR count). The van der Waals surface area contributed by atoms with Crippen LogP contribution in [-0.4, -0.2) is 123 Å². The number of carbonyl (C=O) groups excluding carboxylic acids is 6. The summed E-state index contributed by atoms with van der Waals surface area (Å²) in [5.41, 5.74) is 6.34. The lowest BCUT2D eigenvalue weighted by Gasteiger charge is -2.27. The number of rotatable bonds is 34. The molecule has 4 amide bonds. The zero-order valence-corrected chi connectivity index (χ0v) is 54.4. The highest BCUT2D eigenvalue weighted by atomic mass is 35.5. The van der Waals surface area contributed by atoms with E-state index in [9.17, 15) is 28.8 Å². The second-order valence-corrected chi connectivity index (χ2v) is 23.0. The maximum atomic E-state index is 12.7. The molecule has 22 nitrogen and oxygen atoms in total.